The Morgan fingerprint density at radius 1 is 1.14 bits per heavy atom. The van der Waals surface area contributed by atoms with Crippen LogP contribution in [0.4, 0.5) is 5.69 Å². The summed E-state index contributed by atoms with van der Waals surface area (Å²) in [5, 5.41) is 13.7. The van der Waals surface area contributed by atoms with Crippen LogP contribution in [0.25, 0.3) is 0 Å². The van der Waals surface area contributed by atoms with Gasteiger partial charge >= 0.3 is 5.97 Å². The maximum atomic E-state index is 11.7. The van der Waals surface area contributed by atoms with Crippen LogP contribution in [0.2, 0.25) is 0 Å². The number of nitrogens with one attached hydrogen (secondary N) is 2. The smallest absolute Gasteiger partial charge is 0.303 e. The quantitative estimate of drug-likeness (QED) is 0.612. The van der Waals surface area contributed by atoms with Crippen molar-refractivity contribution in [3.8, 4) is 0 Å². The van der Waals surface area contributed by atoms with Gasteiger partial charge < -0.3 is 15.7 Å². The van der Waals surface area contributed by atoms with Crippen LogP contribution in [0.1, 0.15) is 31.2 Å². The number of carbonyl (C=O) groups excluding carboxylic acids is 2. The van der Waals surface area contributed by atoms with Gasteiger partial charge in [-0.3, -0.25) is 14.4 Å². The Kier molecular flexibility index (Phi) is 7.59. The van der Waals surface area contributed by atoms with Crippen molar-refractivity contribution in [3.05, 3.63) is 28.2 Å². The molecule has 2 amide bonds. The van der Waals surface area contributed by atoms with Crippen LogP contribution in [0.5, 0.6) is 0 Å². The molecule has 0 atom stereocenters. The van der Waals surface area contributed by atoms with Gasteiger partial charge in [0, 0.05) is 23.0 Å². The van der Waals surface area contributed by atoms with Gasteiger partial charge in [-0.2, -0.15) is 0 Å². The topological polar surface area (TPSA) is 95.5 Å². The van der Waals surface area contributed by atoms with Gasteiger partial charge in [0.05, 0.1) is 6.54 Å². The zero-order chi connectivity index (χ0) is 16.5. The first-order chi connectivity index (χ1) is 10.4. The van der Waals surface area contributed by atoms with E-state index in [1.165, 1.54) is 0 Å². The maximum Gasteiger partial charge on any atom is 0.303 e. The summed E-state index contributed by atoms with van der Waals surface area (Å²) in [7, 11) is 0. The monoisotopic (exact) mass is 370 g/mol. The van der Waals surface area contributed by atoms with Gasteiger partial charge in [-0.05, 0) is 43.5 Å². The second-order valence-corrected chi connectivity index (χ2v) is 5.74. The zero-order valence-electron chi connectivity index (χ0n) is 12.3. The number of unbranched alkanes of at least 4 members (excludes halogenated alkanes) is 1. The average molecular weight is 371 g/mol. The fraction of sp³-hybridized carbons (Fsp3) is 0.400. The van der Waals surface area contributed by atoms with Gasteiger partial charge in [-0.1, -0.05) is 15.9 Å². The van der Waals surface area contributed by atoms with Crippen LogP contribution in [0.15, 0.2) is 22.7 Å². The Labute approximate surface area is 137 Å². The van der Waals surface area contributed by atoms with Gasteiger partial charge in [-0.15, -0.1) is 0 Å². The van der Waals surface area contributed by atoms with E-state index in [-0.39, 0.29) is 31.2 Å². The van der Waals surface area contributed by atoms with E-state index in [1.807, 2.05) is 19.1 Å². The summed E-state index contributed by atoms with van der Waals surface area (Å²) in [5.41, 5.74) is 1.67. The molecule has 0 heterocycles. The third-order valence-electron chi connectivity index (χ3n) is 2.93. The van der Waals surface area contributed by atoms with Crippen LogP contribution in [0, 0.1) is 6.92 Å². The van der Waals surface area contributed by atoms with E-state index in [0.717, 1.165) is 10.0 Å². The molecular weight excluding hydrogens is 352 g/mol. The van der Waals surface area contributed by atoms with Crippen molar-refractivity contribution in [1.82, 2.24) is 5.32 Å². The molecule has 1 aromatic carbocycles. The van der Waals surface area contributed by atoms with Crippen molar-refractivity contribution in [3.63, 3.8) is 0 Å². The number of benzene rings is 1. The summed E-state index contributed by atoms with van der Waals surface area (Å²) in [6.07, 6.45) is 1.22. The maximum absolute atomic E-state index is 11.7. The SMILES string of the molecule is Cc1cc(NC(=O)CNC(=O)CCCCC(=O)O)ccc1Br. The highest BCUT2D eigenvalue weighted by atomic mass is 79.9. The molecule has 0 aromatic heterocycles. The van der Waals surface area contributed by atoms with Crippen LogP contribution in [0.3, 0.4) is 0 Å². The van der Waals surface area contributed by atoms with E-state index in [1.54, 1.807) is 6.07 Å². The molecule has 0 aliphatic rings. The molecule has 0 aliphatic heterocycles. The predicted octanol–water partition coefficient (Wildman–Crippen LogP) is 2.46. The standard InChI is InChI=1S/C15H19BrN2O4/c1-10-8-11(6-7-12(10)16)18-14(20)9-17-13(19)4-2-3-5-15(21)22/h6-8H,2-5,9H2,1H3,(H,17,19)(H,18,20)(H,21,22). The second-order valence-electron chi connectivity index (χ2n) is 4.89. The lowest BCUT2D eigenvalue weighted by Gasteiger charge is -2.08. The molecule has 0 unspecified atom stereocenters. The first-order valence-electron chi connectivity index (χ1n) is 6.93. The highest BCUT2D eigenvalue weighted by Gasteiger charge is 2.07. The van der Waals surface area contributed by atoms with Crippen LogP contribution >= 0.6 is 15.9 Å². The summed E-state index contributed by atoms with van der Waals surface area (Å²) >= 11 is 3.38. The molecule has 7 heteroatoms. The number of halogens is 1. The van der Waals surface area contributed by atoms with Crippen LogP contribution < -0.4 is 10.6 Å². The van der Waals surface area contributed by atoms with Gasteiger partial charge in [0.1, 0.15) is 0 Å². The number of amides is 2. The van der Waals surface area contributed by atoms with E-state index < -0.39 is 5.97 Å². The van der Waals surface area contributed by atoms with Gasteiger partial charge in [0.2, 0.25) is 11.8 Å². The molecular formula is C15H19BrN2O4. The summed E-state index contributed by atoms with van der Waals surface area (Å²) < 4.78 is 0.958. The Morgan fingerprint density at radius 2 is 1.82 bits per heavy atom. The fourth-order valence-electron chi connectivity index (χ4n) is 1.76. The number of carboxylic acid groups (broad SMARTS) is 1. The lowest BCUT2D eigenvalue weighted by Crippen LogP contribution is -2.32. The van der Waals surface area contributed by atoms with Crippen LogP contribution in [-0.2, 0) is 14.4 Å². The number of carboxylic acids is 1. The summed E-state index contributed by atoms with van der Waals surface area (Å²) in [4.78, 5) is 33.5. The highest BCUT2D eigenvalue weighted by molar-refractivity contribution is 9.10. The number of aryl methyl sites for hydroxylation is 1. The third kappa shape index (κ3) is 7.21. The molecule has 0 fully saturated rings. The molecule has 22 heavy (non-hydrogen) atoms. The second kappa shape index (κ2) is 9.19. The van der Waals surface area contributed by atoms with Crippen molar-refractivity contribution >= 4 is 39.4 Å². The molecule has 0 spiro atoms. The van der Waals surface area contributed by atoms with Crippen LogP contribution in [-0.4, -0.2) is 29.4 Å². The zero-order valence-corrected chi connectivity index (χ0v) is 13.9. The number of aliphatic carboxylic acids is 1. The predicted molar refractivity (Wildman–Crippen MR) is 86.6 cm³/mol. The Morgan fingerprint density at radius 3 is 2.45 bits per heavy atom. The lowest BCUT2D eigenvalue weighted by molar-refractivity contribution is -0.137. The largest absolute Gasteiger partial charge is 0.481 e. The number of rotatable bonds is 8. The van der Waals surface area contributed by atoms with Crippen molar-refractivity contribution in [1.29, 1.82) is 0 Å². The number of carbonyl (C=O) groups is 3. The first kappa shape index (κ1) is 18.2. The Hall–Kier alpha value is -1.89. The van der Waals surface area contributed by atoms with Gasteiger partial charge in [-0.25, -0.2) is 0 Å². The molecule has 120 valence electrons. The Bertz CT molecular complexity index is 560. The first-order valence-corrected chi connectivity index (χ1v) is 7.72. The van der Waals surface area contributed by atoms with E-state index in [2.05, 4.69) is 26.6 Å². The summed E-state index contributed by atoms with van der Waals surface area (Å²) in [5.74, 6) is -1.43. The number of anilines is 1. The lowest BCUT2D eigenvalue weighted by atomic mass is 10.2. The fourth-order valence-corrected chi connectivity index (χ4v) is 2.00. The van der Waals surface area contributed by atoms with E-state index in [9.17, 15) is 14.4 Å². The summed E-state index contributed by atoms with van der Waals surface area (Å²) in [6.45, 7) is 1.81. The van der Waals surface area contributed by atoms with Crippen molar-refractivity contribution < 1.29 is 19.5 Å². The minimum absolute atomic E-state index is 0.0523. The normalized spacial score (nSPS) is 10.1. The minimum atomic E-state index is -0.871. The van der Waals surface area contributed by atoms with Gasteiger partial charge in [0.25, 0.3) is 0 Å². The highest BCUT2D eigenvalue weighted by Crippen LogP contribution is 2.19. The molecule has 0 aliphatic carbocycles. The van der Waals surface area contributed by atoms with E-state index in [4.69, 9.17) is 5.11 Å². The molecule has 6 nitrogen and oxygen atoms in total. The molecule has 0 radical (unpaired) electrons. The molecule has 1 aromatic rings. The van der Waals surface area contributed by atoms with Gasteiger partial charge in [0.15, 0.2) is 0 Å². The molecule has 0 saturated carbocycles. The number of hydrogen-bond donors (Lipinski definition) is 3. The third-order valence-corrected chi connectivity index (χ3v) is 3.82. The minimum Gasteiger partial charge on any atom is -0.481 e. The summed E-state index contributed by atoms with van der Waals surface area (Å²) in [6, 6.07) is 5.43. The average Bonchev–Trinajstić information content (AvgIpc) is 2.45. The Balaban J connectivity index is 2.26. The van der Waals surface area contributed by atoms with Crippen molar-refractivity contribution in [2.75, 3.05) is 11.9 Å². The molecule has 1 rings (SSSR count). The van der Waals surface area contributed by atoms with Crippen molar-refractivity contribution in [2.45, 2.75) is 32.6 Å². The van der Waals surface area contributed by atoms with Crippen molar-refractivity contribution in [2.24, 2.45) is 0 Å². The van der Waals surface area contributed by atoms with E-state index in [0.29, 0.717) is 18.5 Å². The van der Waals surface area contributed by atoms with E-state index >= 15 is 0 Å². The molecule has 0 saturated heterocycles. The molecule has 0 bridgehead atoms. The molecule has 3 N–H and O–H groups in total. The number of hydrogen-bond acceptors (Lipinski definition) is 3.